The second-order valence-electron chi connectivity index (χ2n) is 5.19. The van der Waals surface area contributed by atoms with E-state index in [0.29, 0.717) is 22.4 Å². The van der Waals surface area contributed by atoms with Crippen LogP contribution in [0, 0.1) is 25.2 Å². The molecular weight excluding hydrogens is 290 g/mol. The van der Waals surface area contributed by atoms with E-state index in [-0.39, 0.29) is 11.7 Å². The van der Waals surface area contributed by atoms with Crippen LogP contribution in [0.25, 0.3) is 0 Å². The maximum absolute atomic E-state index is 12.3. The molecule has 0 unspecified atom stereocenters. The van der Waals surface area contributed by atoms with Crippen LogP contribution in [0.1, 0.15) is 32.6 Å². The van der Waals surface area contributed by atoms with Crippen LogP contribution >= 0.6 is 0 Å². The topological polar surface area (TPSA) is 90.1 Å². The molecule has 2 aromatic rings. The Morgan fingerprint density at radius 1 is 1.13 bits per heavy atom. The molecule has 0 fully saturated rings. The zero-order valence-corrected chi connectivity index (χ0v) is 13.3. The third-order valence-corrected chi connectivity index (χ3v) is 3.58. The zero-order chi connectivity index (χ0) is 17.0. The Balaban J connectivity index is 2.32. The van der Waals surface area contributed by atoms with E-state index in [0.717, 1.165) is 11.1 Å². The van der Waals surface area contributed by atoms with Crippen LogP contribution in [0.3, 0.4) is 0 Å². The number of nitrogens with two attached hydrogens (primary N) is 1. The number of nitrogen functional groups attached to an aromatic ring is 1. The van der Waals surface area contributed by atoms with Crippen LogP contribution in [-0.2, 0) is 0 Å². The minimum absolute atomic E-state index is 0.246. The molecule has 5 heteroatoms. The van der Waals surface area contributed by atoms with E-state index in [2.05, 4.69) is 11.1 Å². The van der Waals surface area contributed by atoms with Gasteiger partial charge in [-0.25, -0.2) is 9.79 Å². The van der Waals surface area contributed by atoms with E-state index in [1.54, 1.807) is 38.3 Å². The van der Waals surface area contributed by atoms with Crippen LogP contribution in [0.4, 0.5) is 0 Å². The molecule has 1 amide bonds. The first-order valence-corrected chi connectivity index (χ1v) is 7.05. The van der Waals surface area contributed by atoms with E-state index < -0.39 is 0 Å². The lowest BCUT2D eigenvalue weighted by Crippen LogP contribution is -2.79. The molecule has 0 aromatic heterocycles. The largest absolute Gasteiger partial charge is 0.496 e. The molecule has 2 aromatic carbocycles. The van der Waals surface area contributed by atoms with Gasteiger partial charge in [0.2, 0.25) is 0 Å². The monoisotopic (exact) mass is 308 g/mol. The highest BCUT2D eigenvalue weighted by Gasteiger charge is 2.13. The number of ether oxygens (including phenoxy) is 1. The highest BCUT2D eigenvalue weighted by Crippen LogP contribution is 2.18. The number of nitriles is 1. The van der Waals surface area contributed by atoms with Crippen LogP contribution < -0.4 is 15.5 Å². The SMILES string of the molecule is COc1cc(C(N)=[NH+]C(=O)c2ccc(C#N)c(C)c2)ccc1C. The summed E-state index contributed by atoms with van der Waals surface area (Å²) in [5.41, 5.74) is 9.37. The van der Waals surface area contributed by atoms with Gasteiger partial charge in [0.1, 0.15) is 5.75 Å². The molecule has 0 aliphatic heterocycles. The minimum Gasteiger partial charge on any atom is -0.496 e. The third kappa shape index (κ3) is 3.55. The normalized spacial score (nSPS) is 11.0. The van der Waals surface area contributed by atoms with Gasteiger partial charge in [0.15, 0.2) is 0 Å². The van der Waals surface area contributed by atoms with Crippen molar-refractivity contribution < 1.29 is 14.5 Å². The maximum Gasteiger partial charge on any atom is 0.339 e. The van der Waals surface area contributed by atoms with E-state index >= 15 is 0 Å². The van der Waals surface area contributed by atoms with Gasteiger partial charge < -0.3 is 4.74 Å². The summed E-state index contributed by atoms with van der Waals surface area (Å²) in [6, 6.07) is 12.4. The Hall–Kier alpha value is -3.13. The Morgan fingerprint density at radius 2 is 1.83 bits per heavy atom. The molecule has 0 spiro atoms. The molecule has 0 saturated heterocycles. The van der Waals surface area contributed by atoms with Crippen molar-refractivity contribution in [2.24, 2.45) is 5.73 Å². The number of rotatable bonds is 3. The summed E-state index contributed by atoms with van der Waals surface area (Å²) in [5.74, 6) is 0.624. The van der Waals surface area contributed by atoms with Gasteiger partial charge in [0, 0.05) is 0 Å². The molecule has 0 radical (unpaired) electrons. The summed E-state index contributed by atoms with van der Waals surface area (Å²) < 4.78 is 5.25. The van der Waals surface area contributed by atoms with Gasteiger partial charge in [-0.1, -0.05) is 6.07 Å². The lowest BCUT2D eigenvalue weighted by Gasteiger charge is -2.05. The molecule has 0 aliphatic rings. The van der Waals surface area contributed by atoms with Gasteiger partial charge in [-0.2, -0.15) is 5.26 Å². The molecule has 3 N–H and O–H groups in total. The number of nitrogens with one attached hydrogen (secondary N) is 1. The minimum atomic E-state index is -0.324. The fourth-order valence-corrected chi connectivity index (χ4v) is 2.18. The Morgan fingerprint density at radius 3 is 2.43 bits per heavy atom. The van der Waals surface area contributed by atoms with E-state index in [1.807, 2.05) is 19.1 Å². The van der Waals surface area contributed by atoms with Gasteiger partial charge in [0.25, 0.3) is 5.84 Å². The number of carbonyl (C=O) groups excluding carboxylic acids is 1. The average Bonchev–Trinajstić information content (AvgIpc) is 2.54. The zero-order valence-electron chi connectivity index (χ0n) is 13.3. The van der Waals surface area contributed by atoms with Gasteiger partial charge in [-0.05, 0) is 55.3 Å². The Labute approximate surface area is 135 Å². The number of amidine groups is 1. The lowest BCUT2D eigenvalue weighted by molar-refractivity contribution is -0.345. The first-order chi connectivity index (χ1) is 11.0. The van der Waals surface area contributed by atoms with E-state index in [1.165, 1.54) is 0 Å². The summed E-state index contributed by atoms with van der Waals surface area (Å²) in [7, 11) is 1.58. The summed E-state index contributed by atoms with van der Waals surface area (Å²) in [6.45, 7) is 3.71. The smallest absolute Gasteiger partial charge is 0.339 e. The molecule has 5 nitrogen and oxygen atoms in total. The number of aryl methyl sites for hydroxylation is 2. The molecule has 116 valence electrons. The summed E-state index contributed by atoms with van der Waals surface area (Å²) >= 11 is 0. The van der Waals surface area contributed by atoms with Crippen molar-refractivity contribution in [2.75, 3.05) is 7.11 Å². The summed E-state index contributed by atoms with van der Waals surface area (Å²) in [5, 5.41) is 8.93. The molecule has 2 rings (SSSR count). The molecule has 0 bridgehead atoms. The van der Waals surface area contributed by atoms with Gasteiger partial charge in [0.05, 0.1) is 29.9 Å². The Bertz CT molecular complexity index is 833. The second-order valence-corrected chi connectivity index (χ2v) is 5.19. The maximum atomic E-state index is 12.3. The van der Waals surface area contributed by atoms with Crippen LogP contribution in [0.15, 0.2) is 36.4 Å². The lowest BCUT2D eigenvalue weighted by atomic mass is 10.1. The van der Waals surface area contributed by atoms with Crippen molar-refractivity contribution >= 4 is 11.7 Å². The number of methoxy groups -OCH3 is 1. The Kier molecular flexibility index (Phi) is 4.77. The fraction of sp³-hybridized carbons (Fsp3) is 0.167. The first-order valence-electron chi connectivity index (χ1n) is 7.05. The predicted molar refractivity (Wildman–Crippen MR) is 87.2 cm³/mol. The number of amides is 1. The molecule has 0 aliphatic carbocycles. The summed E-state index contributed by atoms with van der Waals surface area (Å²) in [4.78, 5) is 14.9. The number of benzene rings is 2. The van der Waals surface area contributed by atoms with Crippen LogP contribution in [0.5, 0.6) is 5.75 Å². The predicted octanol–water partition coefficient (Wildman–Crippen LogP) is 0.810. The van der Waals surface area contributed by atoms with Crippen molar-refractivity contribution in [1.82, 2.24) is 0 Å². The van der Waals surface area contributed by atoms with Crippen LogP contribution in [0.2, 0.25) is 0 Å². The van der Waals surface area contributed by atoms with Crippen molar-refractivity contribution in [3.63, 3.8) is 0 Å². The first kappa shape index (κ1) is 16.2. The van der Waals surface area contributed by atoms with Crippen molar-refractivity contribution in [2.45, 2.75) is 13.8 Å². The van der Waals surface area contributed by atoms with Gasteiger partial charge in [-0.3, -0.25) is 5.73 Å². The standard InChI is InChI=1S/C18H17N3O2/c1-11-4-5-13(9-16(11)23-3)17(20)21-18(22)14-6-7-15(10-19)12(2)8-14/h4-9H,1-3H3,(H2,20,21,22)/p+1. The van der Waals surface area contributed by atoms with Gasteiger partial charge >= 0.3 is 5.91 Å². The number of hydrogen-bond donors (Lipinski definition) is 2. The van der Waals surface area contributed by atoms with Crippen molar-refractivity contribution in [1.29, 1.82) is 5.26 Å². The number of carbonyl (C=O) groups is 1. The second kappa shape index (κ2) is 6.75. The summed E-state index contributed by atoms with van der Waals surface area (Å²) in [6.07, 6.45) is 0. The molecule has 0 saturated carbocycles. The molecule has 0 heterocycles. The van der Waals surface area contributed by atoms with E-state index in [9.17, 15) is 4.79 Å². The quantitative estimate of drug-likeness (QED) is 0.648. The molecule has 23 heavy (non-hydrogen) atoms. The number of hydrogen-bond acceptors (Lipinski definition) is 3. The molecular formula is C18H18N3O2+. The van der Waals surface area contributed by atoms with Gasteiger partial charge in [-0.15, -0.1) is 0 Å². The average molecular weight is 308 g/mol. The van der Waals surface area contributed by atoms with Crippen LogP contribution in [-0.4, -0.2) is 18.9 Å². The van der Waals surface area contributed by atoms with E-state index in [4.69, 9.17) is 15.7 Å². The highest BCUT2D eigenvalue weighted by molar-refractivity contribution is 5.98. The third-order valence-electron chi connectivity index (χ3n) is 3.58. The molecule has 0 atom stereocenters. The highest BCUT2D eigenvalue weighted by atomic mass is 16.5. The van der Waals surface area contributed by atoms with Crippen molar-refractivity contribution in [3.8, 4) is 11.8 Å². The number of nitrogens with zero attached hydrogens (tertiary/aromatic N) is 1. The van der Waals surface area contributed by atoms with Crippen molar-refractivity contribution in [3.05, 3.63) is 64.2 Å². The fourth-order valence-electron chi connectivity index (χ4n) is 2.18.